The van der Waals surface area contributed by atoms with E-state index in [0.29, 0.717) is 11.5 Å². The fraction of sp³-hybridized carbons (Fsp3) is 0.318. The highest BCUT2D eigenvalue weighted by Gasteiger charge is 2.23. The minimum Gasteiger partial charge on any atom is -0.493 e. The third kappa shape index (κ3) is 3.29. The van der Waals surface area contributed by atoms with Gasteiger partial charge in [0, 0.05) is 17.1 Å². The van der Waals surface area contributed by atoms with Crippen molar-refractivity contribution in [1.82, 2.24) is 19.6 Å². The van der Waals surface area contributed by atoms with Gasteiger partial charge in [-0.25, -0.2) is 4.98 Å². The number of ether oxygens (including phenoxy) is 2. The van der Waals surface area contributed by atoms with Crippen molar-refractivity contribution in [1.29, 1.82) is 0 Å². The summed E-state index contributed by atoms with van der Waals surface area (Å²) < 4.78 is 12.8. The second-order valence-electron chi connectivity index (χ2n) is 7.53. The summed E-state index contributed by atoms with van der Waals surface area (Å²) in [6.45, 7) is 5.03. The van der Waals surface area contributed by atoms with Gasteiger partial charge in [0.1, 0.15) is 12.9 Å². The van der Waals surface area contributed by atoms with Gasteiger partial charge in [0.15, 0.2) is 23.0 Å². The molecule has 3 heterocycles. The maximum absolute atomic E-state index is 5.45. The van der Waals surface area contributed by atoms with Crippen molar-refractivity contribution >= 4 is 22.2 Å². The summed E-state index contributed by atoms with van der Waals surface area (Å²) in [6, 6.07) is 14.4. The number of fused-ring (bicyclic) bond motifs is 3. The molecule has 0 spiro atoms. The molecule has 0 radical (unpaired) electrons. The Hall–Kier alpha value is -3.39. The average Bonchev–Trinajstić information content (AvgIpc) is 3.22. The lowest BCUT2D eigenvalue weighted by molar-refractivity contribution is -0.915. The fourth-order valence-corrected chi connectivity index (χ4v) is 4.14. The number of benzene rings is 2. The van der Waals surface area contributed by atoms with E-state index >= 15 is 0 Å². The summed E-state index contributed by atoms with van der Waals surface area (Å²) in [7, 11) is 3.25. The third-order valence-electron chi connectivity index (χ3n) is 5.82. The highest BCUT2D eigenvalue weighted by atomic mass is 16.5. The van der Waals surface area contributed by atoms with Gasteiger partial charge in [-0.05, 0) is 18.2 Å². The number of nitrogens with zero attached hydrogens (tertiary/aromatic N) is 5. The molecule has 0 saturated carbocycles. The molecule has 0 aliphatic carbocycles. The molecule has 1 aliphatic rings. The normalized spacial score (nSPS) is 15.1. The maximum Gasteiger partial charge on any atom is 0.193 e. The number of piperazine rings is 1. The summed E-state index contributed by atoms with van der Waals surface area (Å²) in [5, 5.41) is 9.84. The number of aromatic nitrogens is 4. The van der Waals surface area contributed by atoms with Crippen LogP contribution in [0.15, 0.2) is 48.8 Å². The number of rotatable bonds is 5. The molecular weight excluding hydrogens is 380 g/mol. The number of anilines is 1. The van der Waals surface area contributed by atoms with Crippen LogP contribution in [-0.4, -0.2) is 60.0 Å². The molecule has 154 valence electrons. The minimum atomic E-state index is 0.655. The van der Waals surface area contributed by atoms with Crippen LogP contribution in [-0.2, 0) is 6.54 Å². The van der Waals surface area contributed by atoms with Crippen LogP contribution in [0.5, 0.6) is 11.5 Å². The first-order chi connectivity index (χ1) is 14.8. The van der Waals surface area contributed by atoms with Crippen LogP contribution in [0.1, 0.15) is 5.82 Å². The van der Waals surface area contributed by atoms with E-state index in [0.717, 1.165) is 55.1 Å². The van der Waals surface area contributed by atoms with Crippen molar-refractivity contribution in [2.75, 3.05) is 45.3 Å². The quantitative estimate of drug-likeness (QED) is 0.538. The maximum atomic E-state index is 5.45. The monoisotopic (exact) mass is 405 g/mol. The molecular formula is C22H25N6O2+. The molecule has 8 heteroatoms. The Morgan fingerprint density at radius 2 is 1.70 bits per heavy atom. The van der Waals surface area contributed by atoms with Crippen LogP contribution < -0.4 is 19.3 Å². The minimum absolute atomic E-state index is 0.655. The van der Waals surface area contributed by atoms with E-state index < -0.39 is 0 Å². The lowest BCUT2D eigenvalue weighted by Crippen LogP contribution is -3.13. The van der Waals surface area contributed by atoms with Crippen molar-refractivity contribution in [2.24, 2.45) is 0 Å². The van der Waals surface area contributed by atoms with Crippen molar-refractivity contribution < 1.29 is 14.4 Å². The van der Waals surface area contributed by atoms with E-state index in [1.807, 2.05) is 16.5 Å². The lowest BCUT2D eigenvalue weighted by Gasteiger charge is -2.33. The average molecular weight is 405 g/mol. The van der Waals surface area contributed by atoms with E-state index in [2.05, 4.69) is 50.4 Å². The second kappa shape index (κ2) is 7.79. The van der Waals surface area contributed by atoms with E-state index in [9.17, 15) is 0 Å². The Balaban J connectivity index is 1.37. The molecule has 0 bridgehead atoms. The molecule has 0 atom stereocenters. The van der Waals surface area contributed by atoms with Gasteiger partial charge in [0.25, 0.3) is 0 Å². The standard InChI is InChI=1S/C22H24N6O2/c1-29-19-12-17-18(13-20(19)30-2)23-15-28-21(24-25-22(17)28)14-26-8-10-27(11-9-26)16-6-4-3-5-7-16/h3-7,12-13,15H,8-11,14H2,1-2H3/p+1. The van der Waals surface area contributed by atoms with Crippen LogP contribution in [0.2, 0.25) is 0 Å². The van der Waals surface area contributed by atoms with Crippen LogP contribution >= 0.6 is 0 Å². The van der Waals surface area contributed by atoms with Crippen molar-refractivity contribution in [3.05, 3.63) is 54.6 Å². The molecule has 5 rings (SSSR count). The summed E-state index contributed by atoms with van der Waals surface area (Å²) in [5.41, 5.74) is 2.89. The van der Waals surface area contributed by atoms with Gasteiger partial charge in [-0.2, -0.15) is 0 Å². The molecule has 1 aliphatic heterocycles. The van der Waals surface area contributed by atoms with E-state index in [-0.39, 0.29) is 0 Å². The first-order valence-electron chi connectivity index (χ1n) is 10.1. The summed E-state index contributed by atoms with van der Waals surface area (Å²) in [5.74, 6) is 2.24. The van der Waals surface area contributed by atoms with Crippen molar-refractivity contribution in [3.63, 3.8) is 0 Å². The largest absolute Gasteiger partial charge is 0.493 e. The Kier molecular flexibility index (Phi) is 4.84. The van der Waals surface area contributed by atoms with Gasteiger partial charge >= 0.3 is 0 Å². The molecule has 30 heavy (non-hydrogen) atoms. The molecule has 1 N–H and O–H groups in total. The Morgan fingerprint density at radius 3 is 2.43 bits per heavy atom. The van der Waals surface area contributed by atoms with Crippen LogP contribution in [0, 0.1) is 0 Å². The Morgan fingerprint density at radius 1 is 0.967 bits per heavy atom. The zero-order chi connectivity index (χ0) is 20.5. The van der Waals surface area contributed by atoms with Gasteiger partial charge in [0.05, 0.1) is 45.9 Å². The number of methoxy groups -OCH3 is 2. The van der Waals surface area contributed by atoms with Crippen LogP contribution in [0.4, 0.5) is 5.69 Å². The third-order valence-corrected chi connectivity index (χ3v) is 5.82. The van der Waals surface area contributed by atoms with Gasteiger partial charge in [-0.1, -0.05) is 18.2 Å². The lowest BCUT2D eigenvalue weighted by atomic mass is 10.2. The first kappa shape index (κ1) is 18.6. The van der Waals surface area contributed by atoms with Crippen molar-refractivity contribution in [3.8, 4) is 11.5 Å². The van der Waals surface area contributed by atoms with Gasteiger partial charge in [-0.15, -0.1) is 10.2 Å². The van der Waals surface area contributed by atoms with Crippen LogP contribution in [0.3, 0.4) is 0 Å². The number of quaternary nitrogens is 1. The molecule has 1 fully saturated rings. The Bertz CT molecular complexity index is 1170. The SMILES string of the molecule is COc1cc2ncn3c(C[NH+]4CCN(c5ccccc5)CC4)nnc3c2cc1OC. The second-order valence-corrected chi connectivity index (χ2v) is 7.53. The number of para-hydroxylation sites is 1. The zero-order valence-corrected chi connectivity index (χ0v) is 17.2. The van der Waals surface area contributed by atoms with E-state index in [4.69, 9.17) is 9.47 Å². The molecule has 0 unspecified atom stereocenters. The fourth-order valence-electron chi connectivity index (χ4n) is 4.14. The zero-order valence-electron chi connectivity index (χ0n) is 17.2. The summed E-state index contributed by atoms with van der Waals surface area (Å²) in [6.07, 6.45) is 1.80. The molecule has 2 aromatic heterocycles. The first-order valence-corrected chi connectivity index (χ1v) is 10.1. The predicted molar refractivity (Wildman–Crippen MR) is 114 cm³/mol. The topological polar surface area (TPSA) is 69.2 Å². The van der Waals surface area contributed by atoms with Gasteiger partial charge < -0.3 is 19.3 Å². The molecule has 2 aromatic carbocycles. The van der Waals surface area contributed by atoms with E-state index in [1.165, 1.54) is 10.6 Å². The number of hydrogen-bond donors (Lipinski definition) is 1. The van der Waals surface area contributed by atoms with Crippen LogP contribution in [0.25, 0.3) is 16.6 Å². The molecule has 4 aromatic rings. The summed E-state index contributed by atoms with van der Waals surface area (Å²) >= 11 is 0. The molecule has 0 amide bonds. The number of nitrogens with one attached hydrogen (secondary N) is 1. The highest BCUT2D eigenvalue weighted by molar-refractivity contribution is 5.93. The predicted octanol–water partition coefficient (Wildman–Crippen LogP) is 1.20. The van der Waals surface area contributed by atoms with Gasteiger partial charge in [-0.3, -0.25) is 4.40 Å². The summed E-state index contributed by atoms with van der Waals surface area (Å²) in [4.78, 5) is 8.55. The molecule has 1 saturated heterocycles. The smallest absolute Gasteiger partial charge is 0.193 e. The molecule has 8 nitrogen and oxygen atoms in total. The van der Waals surface area contributed by atoms with Gasteiger partial charge in [0.2, 0.25) is 0 Å². The van der Waals surface area contributed by atoms with Crippen molar-refractivity contribution in [2.45, 2.75) is 6.54 Å². The highest BCUT2D eigenvalue weighted by Crippen LogP contribution is 2.32. The number of hydrogen-bond acceptors (Lipinski definition) is 6. The van der Waals surface area contributed by atoms with E-state index in [1.54, 1.807) is 20.5 Å². The Labute approximate surface area is 174 Å².